The van der Waals surface area contributed by atoms with Crippen molar-refractivity contribution in [1.29, 1.82) is 0 Å². The van der Waals surface area contributed by atoms with E-state index in [0.717, 1.165) is 18.7 Å². The molecular formula is C10H16N3O+. The fraction of sp³-hybridized carbons (Fsp3) is 0.400. The molecule has 0 saturated heterocycles. The van der Waals surface area contributed by atoms with Crippen molar-refractivity contribution in [3.8, 4) is 0 Å². The number of aromatic nitrogens is 1. The average molecular weight is 194 g/mol. The first-order valence-electron chi connectivity index (χ1n) is 4.53. The van der Waals surface area contributed by atoms with Gasteiger partial charge in [0.15, 0.2) is 18.9 Å². The van der Waals surface area contributed by atoms with Gasteiger partial charge in [-0.2, -0.15) is 0 Å². The van der Waals surface area contributed by atoms with Crippen molar-refractivity contribution >= 4 is 6.21 Å². The first kappa shape index (κ1) is 10.7. The first-order chi connectivity index (χ1) is 6.72. The van der Waals surface area contributed by atoms with E-state index >= 15 is 0 Å². The molecule has 1 N–H and O–H groups in total. The van der Waals surface area contributed by atoms with Crippen LogP contribution < -0.4 is 4.57 Å². The third-order valence-corrected chi connectivity index (χ3v) is 1.93. The van der Waals surface area contributed by atoms with Crippen LogP contribution in [0, 0.1) is 0 Å². The number of hydrogen-bond donors (Lipinski definition) is 1. The summed E-state index contributed by atoms with van der Waals surface area (Å²) in [5, 5.41) is 11.3. The fourth-order valence-electron chi connectivity index (χ4n) is 1.09. The maximum atomic E-state index is 8.32. The quantitative estimate of drug-likeness (QED) is 0.325. The van der Waals surface area contributed by atoms with Gasteiger partial charge in [-0.1, -0.05) is 5.16 Å². The molecule has 1 aromatic rings. The molecule has 0 saturated carbocycles. The molecule has 0 fully saturated rings. The number of hydrogen-bond acceptors (Lipinski definition) is 3. The van der Waals surface area contributed by atoms with Crippen LogP contribution >= 0.6 is 0 Å². The molecule has 4 nitrogen and oxygen atoms in total. The van der Waals surface area contributed by atoms with Gasteiger partial charge in [-0.3, -0.25) is 0 Å². The van der Waals surface area contributed by atoms with Crippen molar-refractivity contribution < 1.29 is 9.77 Å². The zero-order chi connectivity index (χ0) is 10.4. The summed E-state index contributed by atoms with van der Waals surface area (Å²) in [6.07, 6.45) is 5.36. The van der Waals surface area contributed by atoms with E-state index in [0.29, 0.717) is 0 Å². The van der Waals surface area contributed by atoms with Crippen molar-refractivity contribution in [2.24, 2.45) is 5.16 Å². The van der Waals surface area contributed by atoms with Crippen LogP contribution in [0.25, 0.3) is 0 Å². The lowest BCUT2D eigenvalue weighted by Gasteiger charge is -2.05. The Hall–Kier alpha value is -1.42. The predicted molar refractivity (Wildman–Crippen MR) is 54.6 cm³/mol. The summed E-state index contributed by atoms with van der Waals surface area (Å²) in [5.41, 5.74) is 0.897. The van der Waals surface area contributed by atoms with Crippen LogP contribution in [0.1, 0.15) is 5.56 Å². The Labute approximate surface area is 84.1 Å². The molecule has 0 radical (unpaired) electrons. The van der Waals surface area contributed by atoms with E-state index in [1.807, 2.05) is 38.6 Å². The molecule has 0 aliphatic rings. The SMILES string of the molecule is CN(C)CC[n+]1ccc(/C=N\O)cc1. The highest BCUT2D eigenvalue weighted by Crippen LogP contribution is 1.89. The van der Waals surface area contributed by atoms with Gasteiger partial charge in [0.2, 0.25) is 0 Å². The fourth-order valence-corrected chi connectivity index (χ4v) is 1.09. The minimum Gasteiger partial charge on any atom is -0.411 e. The summed E-state index contributed by atoms with van der Waals surface area (Å²) >= 11 is 0. The lowest BCUT2D eigenvalue weighted by Crippen LogP contribution is -2.38. The Morgan fingerprint density at radius 2 is 2.07 bits per heavy atom. The van der Waals surface area contributed by atoms with E-state index in [4.69, 9.17) is 5.21 Å². The Morgan fingerprint density at radius 3 is 2.57 bits per heavy atom. The van der Waals surface area contributed by atoms with Gasteiger partial charge in [0.1, 0.15) is 0 Å². The maximum absolute atomic E-state index is 8.32. The van der Waals surface area contributed by atoms with Crippen molar-refractivity contribution in [2.75, 3.05) is 20.6 Å². The molecule has 1 aromatic heterocycles. The molecule has 0 aliphatic heterocycles. The lowest BCUT2D eigenvalue weighted by atomic mass is 10.3. The maximum Gasteiger partial charge on any atom is 0.169 e. The second kappa shape index (κ2) is 5.34. The van der Waals surface area contributed by atoms with E-state index in [1.165, 1.54) is 6.21 Å². The van der Waals surface area contributed by atoms with Crippen LogP contribution in [0.2, 0.25) is 0 Å². The molecular weight excluding hydrogens is 178 g/mol. The standard InChI is InChI=1S/C10H15N3O/c1-12(2)7-8-13-5-3-10(4-6-13)9-11-14/h3-6,9H,7-8H2,1-2H3/p+1. The Bertz CT molecular complexity index is 293. The van der Waals surface area contributed by atoms with Crippen LogP contribution in [0.4, 0.5) is 0 Å². The molecule has 0 amide bonds. The summed E-state index contributed by atoms with van der Waals surface area (Å²) < 4.78 is 2.09. The molecule has 0 spiro atoms. The minimum absolute atomic E-state index is 0.897. The zero-order valence-electron chi connectivity index (χ0n) is 8.59. The van der Waals surface area contributed by atoms with E-state index in [2.05, 4.69) is 14.6 Å². The number of pyridine rings is 1. The second-order valence-corrected chi connectivity index (χ2v) is 3.42. The highest BCUT2D eigenvalue weighted by Gasteiger charge is 2.00. The predicted octanol–water partition coefficient (Wildman–Crippen LogP) is 0.344. The Morgan fingerprint density at radius 1 is 1.43 bits per heavy atom. The smallest absolute Gasteiger partial charge is 0.169 e. The zero-order valence-corrected chi connectivity index (χ0v) is 8.59. The molecule has 4 heteroatoms. The molecule has 0 aliphatic carbocycles. The second-order valence-electron chi connectivity index (χ2n) is 3.42. The largest absolute Gasteiger partial charge is 0.411 e. The number of likely N-dealkylation sites (N-methyl/N-ethyl adjacent to an activating group) is 1. The monoisotopic (exact) mass is 194 g/mol. The number of nitrogens with zero attached hydrogens (tertiary/aromatic N) is 3. The van der Waals surface area contributed by atoms with Crippen molar-refractivity contribution in [3.63, 3.8) is 0 Å². The third-order valence-electron chi connectivity index (χ3n) is 1.93. The molecule has 1 rings (SSSR count). The van der Waals surface area contributed by atoms with Crippen LogP contribution in [-0.2, 0) is 6.54 Å². The Balaban J connectivity index is 2.55. The van der Waals surface area contributed by atoms with Crippen molar-refractivity contribution in [2.45, 2.75) is 6.54 Å². The lowest BCUT2D eigenvalue weighted by molar-refractivity contribution is -0.696. The van der Waals surface area contributed by atoms with Gasteiger partial charge in [-0.25, -0.2) is 4.57 Å². The van der Waals surface area contributed by atoms with E-state index in [9.17, 15) is 0 Å². The third kappa shape index (κ3) is 3.53. The van der Waals surface area contributed by atoms with Gasteiger partial charge in [0.05, 0.1) is 12.8 Å². The van der Waals surface area contributed by atoms with Gasteiger partial charge in [-0.05, 0) is 14.1 Å². The topological polar surface area (TPSA) is 39.7 Å². The summed E-state index contributed by atoms with van der Waals surface area (Å²) in [6, 6.07) is 3.82. The van der Waals surface area contributed by atoms with Crippen molar-refractivity contribution in [3.05, 3.63) is 30.1 Å². The normalized spacial score (nSPS) is 11.4. The first-order valence-corrected chi connectivity index (χ1v) is 4.53. The van der Waals surface area contributed by atoms with Gasteiger partial charge in [-0.15, -0.1) is 0 Å². The molecule has 14 heavy (non-hydrogen) atoms. The summed E-state index contributed by atoms with van der Waals surface area (Å²) in [7, 11) is 4.10. The highest BCUT2D eigenvalue weighted by molar-refractivity contribution is 5.78. The number of rotatable bonds is 4. The van der Waals surface area contributed by atoms with E-state index in [1.54, 1.807) is 0 Å². The number of oxime groups is 1. The van der Waals surface area contributed by atoms with E-state index in [-0.39, 0.29) is 0 Å². The Kier molecular flexibility index (Phi) is 4.07. The van der Waals surface area contributed by atoms with Crippen molar-refractivity contribution in [1.82, 2.24) is 4.90 Å². The molecule has 1 heterocycles. The van der Waals surface area contributed by atoms with Gasteiger partial charge in [0, 0.05) is 17.7 Å². The van der Waals surface area contributed by atoms with Crippen LogP contribution in [0.3, 0.4) is 0 Å². The van der Waals surface area contributed by atoms with Gasteiger partial charge < -0.3 is 10.1 Å². The summed E-state index contributed by atoms with van der Waals surface area (Å²) in [5.74, 6) is 0. The van der Waals surface area contributed by atoms with E-state index < -0.39 is 0 Å². The van der Waals surface area contributed by atoms with Crippen LogP contribution in [-0.4, -0.2) is 37.0 Å². The summed E-state index contributed by atoms with van der Waals surface area (Å²) in [6.45, 7) is 1.97. The molecule has 0 aromatic carbocycles. The van der Waals surface area contributed by atoms with Gasteiger partial charge in [0.25, 0.3) is 0 Å². The molecule has 0 atom stereocenters. The summed E-state index contributed by atoms with van der Waals surface area (Å²) in [4.78, 5) is 2.14. The van der Waals surface area contributed by atoms with Crippen LogP contribution in [0.5, 0.6) is 0 Å². The minimum atomic E-state index is 0.897. The highest BCUT2D eigenvalue weighted by atomic mass is 16.4. The molecule has 76 valence electrons. The molecule has 0 bridgehead atoms. The average Bonchev–Trinajstić information content (AvgIpc) is 2.17. The van der Waals surface area contributed by atoms with Gasteiger partial charge >= 0.3 is 0 Å². The molecule has 0 unspecified atom stereocenters. The van der Waals surface area contributed by atoms with Crippen LogP contribution in [0.15, 0.2) is 29.7 Å².